The van der Waals surface area contributed by atoms with E-state index in [9.17, 15) is 4.79 Å². The molecular formula is C30H31ClN6O2. The Morgan fingerprint density at radius 1 is 0.744 bits per heavy atom. The number of piperazine rings is 2. The second-order valence-electron chi connectivity index (χ2n) is 9.82. The molecule has 0 radical (unpaired) electrons. The van der Waals surface area contributed by atoms with Gasteiger partial charge in [0.15, 0.2) is 11.5 Å². The Kier molecular flexibility index (Phi) is 7.11. The van der Waals surface area contributed by atoms with Gasteiger partial charge in [-0.2, -0.15) is 0 Å². The molecular weight excluding hydrogens is 512 g/mol. The number of nitrogens with zero attached hydrogens (tertiary/aromatic N) is 6. The number of carbonyl (C=O) groups is 1. The number of hydrogen-bond donors (Lipinski definition) is 0. The van der Waals surface area contributed by atoms with E-state index < -0.39 is 0 Å². The van der Waals surface area contributed by atoms with Crippen molar-refractivity contribution in [2.75, 3.05) is 74.2 Å². The summed E-state index contributed by atoms with van der Waals surface area (Å²) >= 11 is 6.27. The molecule has 8 nitrogen and oxygen atoms in total. The van der Waals surface area contributed by atoms with Crippen molar-refractivity contribution in [3.05, 3.63) is 83.5 Å². The molecule has 4 aromatic rings. The number of amides is 1. The average molecular weight is 543 g/mol. The van der Waals surface area contributed by atoms with E-state index in [2.05, 4.69) is 37.0 Å². The Morgan fingerprint density at radius 2 is 1.38 bits per heavy atom. The monoisotopic (exact) mass is 542 g/mol. The average Bonchev–Trinajstić information content (AvgIpc) is 3.01. The van der Waals surface area contributed by atoms with Crippen LogP contribution in [0.2, 0.25) is 5.02 Å². The van der Waals surface area contributed by atoms with Crippen LogP contribution >= 0.6 is 11.6 Å². The lowest BCUT2D eigenvalue weighted by atomic mass is 10.1. The Hall–Kier alpha value is -4.04. The van der Waals surface area contributed by atoms with Gasteiger partial charge in [-0.25, -0.2) is 0 Å². The smallest absolute Gasteiger partial charge is 0.275 e. The lowest BCUT2D eigenvalue weighted by Crippen LogP contribution is -2.49. The van der Waals surface area contributed by atoms with Crippen LogP contribution in [0.1, 0.15) is 10.5 Å². The minimum Gasteiger partial charge on any atom is -0.495 e. The van der Waals surface area contributed by atoms with Crippen LogP contribution < -0.4 is 19.4 Å². The molecule has 0 bridgehead atoms. The van der Waals surface area contributed by atoms with Gasteiger partial charge in [0.2, 0.25) is 0 Å². The van der Waals surface area contributed by atoms with Crippen molar-refractivity contribution in [1.82, 2.24) is 15.1 Å². The Balaban J connectivity index is 1.19. The number of halogens is 1. The molecule has 1 amide bonds. The molecule has 6 rings (SSSR count). The lowest BCUT2D eigenvalue weighted by molar-refractivity contribution is 0.0742. The number of rotatable bonds is 5. The van der Waals surface area contributed by atoms with Gasteiger partial charge in [-0.05, 0) is 30.3 Å². The molecule has 39 heavy (non-hydrogen) atoms. The van der Waals surface area contributed by atoms with Crippen LogP contribution in [0.3, 0.4) is 0 Å². The summed E-state index contributed by atoms with van der Waals surface area (Å²) in [6.07, 6.45) is 0. The Labute approximate surface area is 233 Å². The first kappa shape index (κ1) is 25.2. The van der Waals surface area contributed by atoms with E-state index in [0.717, 1.165) is 67.3 Å². The predicted molar refractivity (Wildman–Crippen MR) is 157 cm³/mol. The minimum absolute atomic E-state index is 0.0594. The quantitative estimate of drug-likeness (QED) is 0.366. The van der Waals surface area contributed by atoms with Gasteiger partial charge >= 0.3 is 0 Å². The molecule has 2 aliphatic heterocycles. The van der Waals surface area contributed by atoms with Crippen LogP contribution in [0.15, 0.2) is 72.8 Å². The van der Waals surface area contributed by atoms with Crippen LogP contribution in [-0.2, 0) is 0 Å². The van der Waals surface area contributed by atoms with E-state index in [1.54, 1.807) is 7.11 Å². The Bertz CT molecular complexity index is 1470. The van der Waals surface area contributed by atoms with Gasteiger partial charge in [0.1, 0.15) is 5.75 Å². The van der Waals surface area contributed by atoms with E-state index in [0.29, 0.717) is 23.8 Å². The van der Waals surface area contributed by atoms with Gasteiger partial charge in [-0.1, -0.05) is 54.1 Å². The van der Waals surface area contributed by atoms with E-state index in [-0.39, 0.29) is 5.91 Å². The molecule has 3 aromatic carbocycles. The summed E-state index contributed by atoms with van der Waals surface area (Å²) in [5, 5.41) is 11.6. The summed E-state index contributed by atoms with van der Waals surface area (Å²) in [5.41, 5.74) is 2.60. The maximum absolute atomic E-state index is 13.6. The Morgan fingerprint density at radius 3 is 2.10 bits per heavy atom. The number of fused-ring (bicyclic) bond motifs is 1. The number of anilines is 3. The van der Waals surface area contributed by atoms with Crippen LogP contribution in [0.5, 0.6) is 5.75 Å². The third kappa shape index (κ3) is 5.04. The highest BCUT2D eigenvalue weighted by atomic mass is 35.5. The number of benzene rings is 3. The maximum Gasteiger partial charge on any atom is 0.275 e. The number of carbonyl (C=O) groups excluding carboxylic acids is 1. The molecule has 9 heteroatoms. The van der Waals surface area contributed by atoms with Crippen LogP contribution in [0.4, 0.5) is 17.2 Å². The van der Waals surface area contributed by atoms with Gasteiger partial charge < -0.3 is 24.3 Å². The van der Waals surface area contributed by atoms with Gasteiger partial charge in [-0.3, -0.25) is 4.79 Å². The second-order valence-corrected chi connectivity index (χ2v) is 10.3. The molecule has 2 fully saturated rings. The number of ether oxygens (including phenoxy) is 1. The standard InChI is InChI=1S/C30H31ClN6O2/c1-39-27-12-11-22(31)21-26(27)35-15-17-36(18-16-35)29-25-10-6-5-9-24(25)28(32-33-29)30(38)37-19-13-34(14-20-37)23-7-3-2-4-8-23/h2-12,21H,13-20H2,1H3. The van der Waals surface area contributed by atoms with Crippen molar-refractivity contribution in [3.63, 3.8) is 0 Å². The van der Waals surface area contributed by atoms with Crippen molar-refractivity contribution in [3.8, 4) is 5.75 Å². The zero-order valence-electron chi connectivity index (χ0n) is 22.0. The first-order valence-corrected chi connectivity index (χ1v) is 13.7. The summed E-state index contributed by atoms with van der Waals surface area (Å²) in [6.45, 7) is 6.01. The highest BCUT2D eigenvalue weighted by Crippen LogP contribution is 2.33. The second kappa shape index (κ2) is 11.0. The largest absolute Gasteiger partial charge is 0.495 e. The summed E-state index contributed by atoms with van der Waals surface area (Å²) in [7, 11) is 1.68. The van der Waals surface area contributed by atoms with Crippen LogP contribution in [-0.4, -0.2) is 80.5 Å². The zero-order valence-corrected chi connectivity index (χ0v) is 22.7. The molecule has 0 unspecified atom stereocenters. The molecule has 0 aliphatic carbocycles. The summed E-state index contributed by atoms with van der Waals surface area (Å²) in [5.74, 6) is 1.56. The van der Waals surface area contributed by atoms with E-state index >= 15 is 0 Å². The number of hydrogen-bond acceptors (Lipinski definition) is 7. The third-order valence-corrected chi connectivity index (χ3v) is 7.85. The molecule has 2 saturated heterocycles. The fraction of sp³-hybridized carbons (Fsp3) is 0.300. The topological polar surface area (TPSA) is 65.0 Å². The predicted octanol–water partition coefficient (Wildman–Crippen LogP) is 4.58. The molecule has 2 aliphatic rings. The molecule has 1 aromatic heterocycles. The van der Waals surface area contributed by atoms with Gasteiger partial charge in [-0.15, -0.1) is 10.2 Å². The van der Waals surface area contributed by atoms with Crippen molar-refractivity contribution < 1.29 is 9.53 Å². The SMILES string of the molecule is COc1ccc(Cl)cc1N1CCN(c2nnc(C(=O)N3CCN(c4ccccc4)CC3)c3ccccc23)CC1. The highest BCUT2D eigenvalue weighted by Gasteiger charge is 2.28. The van der Waals surface area contributed by atoms with Crippen LogP contribution in [0, 0.1) is 0 Å². The van der Waals surface area contributed by atoms with E-state index in [1.165, 1.54) is 5.69 Å². The third-order valence-electron chi connectivity index (χ3n) is 7.62. The minimum atomic E-state index is -0.0594. The fourth-order valence-electron chi connectivity index (χ4n) is 5.51. The normalized spacial score (nSPS) is 16.1. The number of para-hydroxylation sites is 1. The van der Waals surface area contributed by atoms with Crippen molar-refractivity contribution >= 4 is 45.5 Å². The van der Waals surface area contributed by atoms with E-state index in [1.807, 2.05) is 65.6 Å². The first-order valence-electron chi connectivity index (χ1n) is 13.3. The molecule has 0 N–H and O–H groups in total. The fourth-order valence-corrected chi connectivity index (χ4v) is 5.67. The zero-order chi connectivity index (χ0) is 26.8. The number of aromatic nitrogens is 2. The molecule has 3 heterocycles. The molecule has 0 saturated carbocycles. The van der Waals surface area contributed by atoms with Gasteiger partial charge in [0, 0.05) is 73.8 Å². The summed E-state index contributed by atoms with van der Waals surface area (Å²) < 4.78 is 5.56. The van der Waals surface area contributed by atoms with Crippen molar-refractivity contribution in [2.24, 2.45) is 0 Å². The molecule has 200 valence electrons. The molecule has 0 atom stereocenters. The van der Waals surface area contributed by atoms with Crippen molar-refractivity contribution in [2.45, 2.75) is 0 Å². The highest BCUT2D eigenvalue weighted by molar-refractivity contribution is 6.31. The van der Waals surface area contributed by atoms with Gasteiger partial charge in [0.05, 0.1) is 12.8 Å². The molecule has 0 spiro atoms. The van der Waals surface area contributed by atoms with Crippen LogP contribution in [0.25, 0.3) is 10.8 Å². The van der Waals surface area contributed by atoms with Gasteiger partial charge in [0.25, 0.3) is 5.91 Å². The van der Waals surface area contributed by atoms with Crippen molar-refractivity contribution in [1.29, 1.82) is 0 Å². The van der Waals surface area contributed by atoms with E-state index in [4.69, 9.17) is 16.3 Å². The summed E-state index contributed by atoms with van der Waals surface area (Å²) in [4.78, 5) is 22.3. The lowest BCUT2D eigenvalue weighted by Gasteiger charge is -2.37. The number of methoxy groups -OCH3 is 1. The first-order chi connectivity index (χ1) is 19.1. The maximum atomic E-state index is 13.6. The summed E-state index contributed by atoms with van der Waals surface area (Å²) in [6, 6.07) is 24.0.